The Morgan fingerprint density at radius 2 is 1.25 bits per heavy atom. The second-order valence-electron chi connectivity index (χ2n) is 9.21. The van der Waals surface area contributed by atoms with E-state index >= 15 is 0 Å². The highest BCUT2D eigenvalue weighted by atomic mass is 15.1. The van der Waals surface area contributed by atoms with Crippen LogP contribution in [-0.4, -0.2) is 28.2 Å². The van der Waals surface area contributed by atoms with Gasteiger partial charge < -0.3 is 9.80 Å². The van der Waals surface area contributed by atoms with Crippen LogP contribution in [-0.2, 0) is 18.3 Å². The summed E-state index contributed by atoms with van der Waals surface area (Å²) in [7, 11) is 8.57. The van der Waals surface area contributed by atoms with Crippen LogP contribution < -0.4 is 9.80 Å². The maximum atomic E-state index is 2.41. The second kappa shape index (κ2) is 9.49. The van der Waals surface area contributed by atoms with Gasteiger partial charge in [-0.3, -0.25) is 0 Å². The number of hydrogen-bond donors (Lipinski definition) is 0. The minimum Gasteiger partial charge on any atom is -0.377 e. The number of benzene rings is 2. The van der Waals surface area contributed by atoms with Gasteiger partial charge in [-0.15, -0.1) is 0 Å². The molecule has 0 amide bonds. The Labute approximate surface area is 173 Å². The summed E-state index contributed by atoms with van der Waals surface area (Å²) >= 11 is 0. The summed E-state index contributed by atoms with van der Waals surface area (Å²) in [6, 6.07) is 14.0. The van der Waals surface area contributed by atoms with Gasteiger partial charge in [-0.1, -0.05) is 45.0 Å². The van der Waals surface area contributed by atoms with E-state index in [1.54, 1.807) is 0 Å². The normalized spacial score (nSPS) is 11.6. The van der Waals surface area contributed by atoms with E-state index in [0.29, 0.717) is 0 Å². The van der Waals surface area contributed by atoms with Gasteiger partial charge in [-0.2, -0.15) is 0 Å². The van der Waals surface area contributed by atoms with Crippen molar-refractivity contribution >= 4 is 11.4 Å². The van der Waals surface area contributed by atoms with Crippen molar-refractivity contribution in [1.82, 2.24) is 0 Å². The molecule has 0 aromatic heterocycles. The number of unbranched alkanes of at least 4 members (excludes halogenated alkanes) is 1. The highest BCUT2D eigenvalue weighted by Gasteiger charge is 2.22. The molecular weight excluding hydrogens is 340 g/mol. The Morgan fingerprint density at radius 1 is 0.750 bits per heavy atom. The highest BCUT2D eigenvalue weighted by molar-refractivity contribution is 5.57. The van der Waals surface area contributed by atoms with E-state index in [-0.39, 0.29) is 5.41 Å². The first kappa shape index (κ1) is 22.3. The van der Waals surface area contributed by atoms with E-state index in [0.717, 1.165) is 19.3 Å². The van der Waals surface area contributed by atoms with Gasteiger partial charge >= 0.3 is 0 Å². The van der Waals surface area contributed by atoms with Gasteiger partial charge in [0, 0.05) is 39.6 Å². The van der Waals surface area contributed by atoms with Crippen LogP contribution in [0.15, 0.2) is 36.4 Å². The molecule has 0 aliphatic carbocycles. The van der Waals surface area contributed by atoms with Crippen molar-refractivity contribution in [2.45, 2.75) is 65.2 Å². The lowest BCUT2D eigenvalue weighted by atomic mass is 9.80. The first-order valence-electron chi connectivity index (χ1n) is 10.7. The molecule has 0 heterocycles. The fourth-order valence-corrected chi connectivity index (χ4v) is 3.82. The molecule has 154 valence electrons. The summed E-state index contributed by atoms with van der Waals surface area (Å²) in [4.78, 5) is 4.48. The molecule has 0 bridgehead atoms. The number of rotatable bonds is 9. The molecule has 0 radical (unpaired) electrons. The number of aryl methyl sites for hydroxylation is 3. The smallest absolute Gasteiger partial charge is 0.0401 e. The molecule has 0 spiro atoms. The minimum atomic E-state index is 0.216. The van der Waals surface area contributed by atoms with Crippen molar-refractivity contribution in [3.05, 3.63) is 58.7 Å². The Morgan fingerprint density at radius 3 is 1.75 bits per heavy atom. The Balaban J connectivity index is 2.00. The van der Waals surface area contributed by atoms with E-state index in [9.17, 15) is 0 Å². The predicted octanol–water partition coefficient (Wildman–Crippen LogP) is 6.38. The zero-order valence-corrected chi connectivity index (χ0v) is 19.4. The number of anilines is 2. The quantitative estimate of drug-likeness (QED) is 0.466. The first-order chi connectivity index (χ1) is 13.2. The van der Waals surface area contributed by atoms with Crippen molar-refractivity contribution in [3.63, 3.8) is 0 Å². The zero-order chi connectivity index (χ0) is 20.9. The van der Waals surface area contributed by atoms with Crippen LogP contribution in [0.1, 0.15) is 62.3 Å². The van der Waals surface area contributed by atoms with E-state index in [1.807, 2.05) is 0 Å². The Hall–Kier alpha value is -1.96. The average molecular weight is 381 g/mol. The van der Waals surface area contributed by atoms with Gasteiger partial charge in [-0.25, -0.2) is 0 Å². The van der Waals surface area contributed by atoms with Crippen LogP contribution in [0, 0.1) is 6.92 Å². The van der Waals surface area contributed by atoms with E-state index in [1.165, 1.54) is 46.5 Å². The maximum Gasteiger partial charge on any atom is 0.0401 e. The molecule has 0 unspecified atom stereocenters. The molecule has 0 atom stereocenters. The monoisotopic (exact) mass is 380 g/mol. The largest absolute Gasteiger partial charge is 0.377 e. The van der Waals surface area contributed by atoms with E-state index < -0.39 is 0 Å². The molecule has 2 aromatic carbocycles. The van der Waals surface area contributed by atoms with Crippen LogP contribution in [0.2, 0.25) is 0 Å². The third-order valence-electron chi connectivity index (χ3n) is 6.09. The summed E-state index contributed by atoms with van der Waals surface area (Å²) in [5.41, 5.74) is 8.63. The predicted molar refractivity (Wildman–Crippen MR) is 126 cm³/mol. The van der Waals surface area contributed by atoms with E-state index in [2.05, 4.69) is 102 Å². The fraction of sp³-hybridized carbons (Fsp3) is 0.538. The number of nitrogens with zero attached hydrogens (tertiary/aromatic N) is 2. The molecule has 2 aromatic rings. The van der Waals surface area contributed by atoms with Crippen molar-refractivity contribution in [2.24, 2.45) is 0 Å². The van der Waals surface area contributed by atoms with Crippen molar-refractivity contribution < 1.29 is 0 Å². The lowest BCUT2D eigenvalue weighted by molar-refractivity contribution is 0.506. The summed E-state index contributed by atoms with van der Waals surface area (Å²) in [6.07, 6.45) is 5.92. The van der Waals surface area contributed by atoms with Crippen LogP contribution in [0.4, 0.5) is 11.4 Å². The van der Waals surface area contributed by atoms with Crippen LogP contribution >= 0.6 is 0 Å². The molecular formula is C26H40N2. The van der Waals surface area contributed by atoms with Crippen molar-refractivity contribution in [2.75, 3.05) is 38.0 Å². The minimum absolute atomic E-state index is 0.216. The fourth-order valence-electron chi connectivity index (χ4n) is 3.82. The number of hydrogen-bond acceptors (Lipinski definition) is 2. The lowest BCUT2D eigenvalue weighted by Crippen LogP contribution is -2.21. The first-order valence-corrected chi connectivity index (χ1v) is 10.7. The SMILES string of the molecule is CCC(C)(C)c1ccc(CCCCc2ccc(C)c(N(C)C)c2)cc1N(C)C. The van der Waals surface area contributed by atoms with Gasteiger partial charge in [-0.05, 0) is 78.8 Å². The molecule has 0 aliphatic heterocycles. The maximum absolute atomic E-state index is 2.41. The highest BCUT2D eigenvalue weighted by Crippen LogP contribution is 2.35. The molecule has 28 heavy (non-hydrogen) atoms. The Kier molecular flexibility index (Phi) is 7.57. The lowest BCUT2D eigenvalue weighted by Gasteiger charge is -2.29. The van der Waals surface area contributed by atoms with Gasteiger partial charge in [0.05, 0.1) is 0 Å². The molecule has 2 nitrogen and oxygen atoms in total. The van der Waals surface area contributed by atoms with Gasteiger partial charge in [0.25, 0.3) is 0 Å². The summed E-state index contributed by atoms with van der Waals surface area (Å²) < 4.78 is 0. The summed E-state index contributed by atoms with van der Waals surface area (Å²) in [6.45, 7) is 9.15. The van der Waals surface area contributed by atoms with Crippen LogP contribution in [0.3, 0.4) is 0 Å². The molecule has 0 fully saturated rings. The third kappa shape index (κ3) is 5.53. The van der Waals surface area contributed by atoms with Gasteiger partial charge in [0.1, 0.15) is 0 Å². The van der Waals surface area contributed by atoms with Crippen molar-refractivity contribution in [3.8, 4) is 0 Å². The van der Waals surface area contributed by atoms with Crippen LogP contribution in [0.5, 0.6) is 0 Å². The average Bonchev–Trinajstić information content (AvgIpc) is 2.65. The zero-order valence-electron chi connectivity index (χ0n) is 19.4. The van der Waals surface area contributed by atoms with Gasteiger partial charge in [0.2, 0.25) is 0 Å². The second-order valence-corrected chi connectivity index (χ2v) is 9.21. The molecule has 2 heteroatoms. The summed E-state index contributed by atoms with van der Waals surface area (Å²) in [5.74, 6) is 0. The molecule has 0 saturated carbocycles. The standard InChI is InChI=1S/C26H40N2/c1-9-26(3,4)23-17-16-22(19-25(23)28(7)8)13-11-10-12-21-15-14-20(2)24(18-21)27(5)6/h14-19H,9-13H2,1-8H3. The van der Waals surface area contributed by atoms with Gasteiger partial charge in [0.15, 0.2) is 0 Å². The van der Waals surface area contributed by atoms with Crippen LogP contribution in [0.25, 0.3) is 0 Å². The molecule has 0 saturated heterocycles. The summed E-state index contributed by atoms with van der Waals surface area (Å²) in [5, 5.41) is 0. The third-order valence-corrected chi connectivity index (χ3v) is 6.09. The molecule has 2 rings (SSSR count). The topological polar surface area (TPSA) is 6.48 Å². The molecule has 0 aliphatic rings. The van der Waals surface area contributed by atoms with E-state index in [4.69, 9.17) is 0 Å². The Bertz CT molecular complexity index is 772. The molecule has 0 N–H and O–H groups in total. The van der Waals surface area contributed by atoms with Crippen molar-refractivity contribution in [1.29, 1.82) is 0 Å².